The Hall–Kier alpha value is -7.00. The number of thiophene rings is 2. The Kier molecular flexibility index (Phi) is 9.44. The van der Waals surface area contributed by atoms with E-state index in [4.69, 9.17) is 14.0 Å². The number of benzene rings is 7. The molecule has 0 bridgehead atoms. The molecule has 6 nitrogen and oxygen atoms in total. The summed E-state index contributed by atoms with van der Waals surface area (Å²) in [7, 11) is 0. The van der Waals surface area contributed by atoms with E-state index in [1.54, 1.807) is 22.7 Å². The number of hydrogen-bond acceptors (Lipinski definition) is 8. The maximum atomic E-state index is 10.1. The number of para-hydroxylation sites is 4. The fourth-order valence-electron chi connectivity index (χ4n) is 8.34. The molecule has 0 fully saturated rings. The zero-order valence-electron chi connectivity index (χ0n) is 32.5. The van der Waals surface area contributed by atoms with Crippen LogP contribution in [0.4, 0.5) is 32.8 Å². The van der Waals surface area contributed by atoms with Gasteiger partial charge in [0.15, 0.2) is 0 Å². The quantitative estimate of drug-likeness (QED) is 0.122. The van der Waals surface area contributed by atoms with Crippen LogP contribution < -0.4 is 20.5 Å². The normalized spacial score (nSPS) is 13.3. The van der Waals surface area contributed by atoms with Crippen molar-refractivity contribution < 1.29 is 0 Å². The van der Waals surface area contributed by atoms with Crippen LogP contribution in [0.3, 0.4) is 0 Å². The molecule has 0 saturated carbocycles. The molecule has 7 aromatic carbocycles. The second-order valence-corrected chi connectivity index (χ2v) is 17.1. The molecule has 1 N–H and O–H groups in total. The average molecular weight is 886 g/mol. The Balaban J connectivity index is 1.22. The van der Waals surface area contributed by atoms with Crippen molar-refractivity contribution >= 4 is 127 Å². The van der Waals surface area contributed by atoms with Gasteiger partial charge in [0, 0.05) is 0 Å². The first-order chi connectivity index (χ1) is 30.2. The molecule has 10 aromatic rings. The zero-order chi connectivity index (χ0) is 40.9. The van der Waals surface area contributed by atoms with Crippen molar-refractivity contribution in [2.45, 2.75) is 0 Å². The number of anilines is 6. The third-order valence-electron chi connectivity index (χ3n) is 11.0. The SMILES string of the molecule is N=C1C(=N[SeH])C(c2ccc(N(c3ccccc3)c3ccccc3)s2)=c2nc3c4ccccc4c4ccccc4c3nc2=C1c1ccc(N(c2ccccc2)c2ccccc2)s1. The van der Waals surface area contributed by atoms with Crippen molar-refractivity contribution in [2.75, 3.05) is 9.80 Å². The molecule has 290 valence electrons. The Bertz CT molecular complexity index is 3380. The first kappa shape index (κ1) is 37.0. The summed E-state index contributed by atoms with van der Waals surface area (Å²) in [6.07, 6.45) is 0. The van der Waals surface area contributed by atoms with E-state index in [0.717, 1.165) is 80.7 Å². The summed E-state index contributed by atoms with van der Waals surface area (Å²) in [6.45, 7) is 0. The third-order valence-corrected chi connectivity index (χ3v) is 13.6. The van der Waals surface area contributed by atoms with Crippen LogP contribution in [0.1, 0.15) is 9.75 Å². The first-order valence-electron chi connectivity index (χ1n) is 19.8. The van der Waals surface area contributed by atoms with Gasteiger partial charge in [-0.25, -0.2) is 0 Å². The summed E-state index contributed by atoms with van der Waals surface area (Å²) in [4.78, 5) is 17.7. The summed E-state index contributed by atoms with van der Waals surface area (Å²) < 4.78 is 4.85. The standard InChI is InChI=1S/C52H34N6S2Se/c53-47-45(41-29-31-43(59-41)57(33-17-5-1-6-18-33)34-19-7-2-8-20-34)51-52(55-49-40-28-16-14-26-38(40)37-25-13-15-27-39(37)48(49)54-51)46(50(47)56-61)42-30-32-44(60-42)58(35-21-9-3-10-22-35)36-23-11-4-12-24-36/h1-32,53,61H. The molecule has 1 aliphatic rings. The van der Waals surface area contributed by atoms with Crippen LogP contribution in [0.5, 0.6) is 0 Å². The molecule has 9 heteroatoms. The van der Waals surface area contributed by atoms with Gasteiger partial charge in [0.1, 0.15) is 0 Å². The van der Waals surface area contributed by atoms with Crippen molar-refractivity contribution in [1.82, 2.24) is 9.97 Å². The van der Waals surface area contributed by atoms with Crippen molar-refractivity contribution in [1.29, 1.82) is 5.41 Å². The summed E-state index contributed by atoms with van der Waals surface area (Å²) in [5, 5.41) is 17.8. The molecule has 3 aromatic heterocycles. The molecule has 0 radical (unpaired) electrons. The van der Waals surface area contributed by atoms with Gasteiger partial charge in [0.25, 0.3) is 0 Å². The topological polar surface area (TPSA) is 68.5 Å². The van der Waals surface area contributed by atoms with Crippen LogP contribution in [0.15, 0.2) is 198 Å². The molecule has 0 atom stereocenters. The summed E-state index contributed by atoms with van der Waals surface area (Å²) in [5.41, 5.74) is 8.19. The average Bonchev–Trinajstić information content (AvgIpc) is 4.01. The van der Waals surface area contributed by atoms with Gasteiger partial charge in [-0.2, -0.15) is 0 Å². The van der Waals surface area contributed by atoms with Crippen molar-refractivity contribution in [2.24, 2.45) is 4.01 Å². The van der Waals surface area contributed by atoms with Crippen LogP contribution in [-0.2, 0) is 0 Å². The molecule has 1 aliphatic carbocycles. The molecule has 0 aliphatic heterocycles. The molecule has 3 heterocycles. The van der Waals surface area contributed by atoms with Gasteiger partial charge in [-0.05, 0) is 0 Å². The molecule has 61 heavy (non-hydrogen) atoms. The Morgan fingerprint density at radius 3 is 1.15 bits per heavy atom. The Labute approximate surface area is 368 Å². The van der Waals surface area contributed by atoms with Crippen LogP contribution in [0, 0.1) is 5.41 Å². The number of aromatic nitrogens is 2. The molecule has 0 unspecified atom stereocenters. The van der Waals surface area contributed by atoms with Gasteiger partial charge in [-0.1, -0.05) is 0 Å². The molecule has 11 rings (SSSR count). The zero-order valence-corrected chi connectivity index (χ0v) is 36.0. The third kappa shape index (κ3) is 6.38. The van der Waals surface area contributed by atoms with E-state index in [2.05, 4.69) is 196 Å². The van der Waals surface area contributed by atoms with Gasteiger partial charge in [0.05, 0.1) is 0 Å². The second-order valence-electron chi connectivity index (χ2n) is 14.6. The van der Waals surface area contributed by atoms with Crippen LogP contribution in [0.25, 0.3) is 43.7 Å². The van der Waals surface area contributed by atoms with E-state index in [9.17, 15) is 5.41 Å². The van der Waals surface area contributed by atoms with Gasteiger partial charge in [-0.15, -0.1) is 0 Å². The van der Waals surface area contributed by atoms with Crippen molar-refractivity contribution in [3.63, 3.8) is 0 Å². The monoisotopic (exact) mass is 886 g/mol. The molecular weight excluding hydrogens is 852 g/mol. The minimum absolute atomic E-state index is 0.305. The van der Waals surface area contributed by atoms with E-state index in [-0.39, 0.29) is 0 Å². The minimum atomic E-state index is 0.305. The Morgan fingerprint density at radius 1 is 0.410 bits per heavy atom. The number of nitrogens with one attached hydrogen (secondary N) is 1. The predicted octanol–water partition coefficient (Wildman–Crippen LogP) is 11.7. The van der Waals surface area contributed by atoms with Crippen LogP contribution in [-0.4, -0.2) is 37.6 Å². The second kappa shape index (κ2) is 15.6. The summed E-state index contributed by atoms with van der Waals surface area (Å²) >= 11 is 5.65. The predicted molar refractivity (Wildman–Crippen MR) is 259 cm³/mol. The van der Waals surface area contributed by atoms with Crippen LogP contribution in [0.2, 0.25) is 0 Å². The molecule has 0 saturated heterocycles. The van der Waals surface area contributed by atoms with Crippen molar-refractivity contribution in [3.8, 4) is 0 Å². The van der Waals surface area contributed by atoms with E-state index >= 15 is 0 Å². The van der Waals surface area contributed by atoms with E-state index in [1.165, 1.54) is 0 Å². The van der Waals surface area contributed by atoms with Gasteiger partial charge in [0.2, 0.25) is 0 Å². The molecule has 0 amide bonds. The first-order valence-corrected chi connectivity index (χ1v) is 22.3. The Morgan fingerprint density at radius 2 is 0.754 bits per heavy atom. The number of nitrogens with zero attached hydrogens (tertiary/aromatic N) is 5. The van der Waals surface area contributed by atoms with E-state index < -0.39 is 0 Å². The van der Waals surface area contributed by atoms with Gasteiger partial charge < -0.3 is 0 Å². The molecule has 0 spiro atoms. The van der Waals surface area contributed by atoms with Gasteiger partial charge >= 0.3 is 371 Å². The maximum absolute atomic E-state index is 10.1. The number of fused-ring (bicyclic) bond motifs is 7. The van der Waals surface area contributed by atoms with Gasteiger partial charge in [-0.3, -0.25) is 0 Å². The fraction of sp³-hybridized carbons (Fsp3) is 0. The van der Waals surface area contributed by atoms with E-state index in [0.29, 0.717) is 27.7 Å². The van der Waals surface area contributed by atoms with E-state index in [1.807, 2.05) is 24.3 Å². The van der Waals surface area contributed by atoms with Crippen molar-refractivity contribution in [3.05, 3.63) is 215 Å². The van der Waals surface area contributed by atoms with Crippen LogP contribution >= 0.6 is 22.7 Å². The number of hydrogen-bond donors (Lipinski definition) is 1. The molecular formula is C52H34N6S2Se. The summed E-state index contributed by atoms with van der Waals surface area (Å²) in [5.74, 6) is 0. The summed E-state index contributed by atoms with van der Waals surface area (Å²) in [6, 6.07) is 67.1. The fourth-order valence-corrected chi connectivity index (χ4v) is 11.0. The number of rotatable bonds is 8.